The van der Waals surface area contributed by atoms with Crippen molar-refractivity contribution in [1.29, 1.82) is 0 Å². The van der Waals surface area contributed by atoms with Crippen LogP contribution in [0.2, 0.25) is 0 Å². The maximum atomic E-state index is 9.80. The fraction of sp³-hybridized carbons (Fsp3) is 0.625. The molecule has 0 amide bonds. The molecule has 1 nitrogen and oxygen atoms in total. The molecule has 0 aliphatic heterocycles. The maximum Gasteiger partial charge on any atom is 0.123 e. The van der Waals surface area contributed by atoms with Crippen LogP contribution in [-0.2, 0) is 4.79 Å². The van der Waals surface area contributed by atoms with Gasteiger partial charge in [-0.25, -0.2) is 0 Å². The normalized spacial score (nSPS) is 11.0. The number of allylic oxidation sites excluding steroid dienone is 2. The fourth-order valence-electron chi connectivity index (χ4n) is 0.520. The largest absolute Gasteiger partial charge is 0.303 e. The lowest BCUT2D eigenvalue weighted by Crippen LogP contribution is -1.80. The number of aldehydes is 1. The van der Waals surface area contributed by atoms with Gasteiger partial charge in [0.25, 0.3) is 0 Å². The number of hydrogen-bond acceptors (Lipinski definition) is 1. The average Bonchev–Trinajstić information content (AvgIpc) is 1.80. The second-order valence-corrected chi connectivity index (χ2v) is 2.50. The van der Waals surface area contributed by atoms with Crippen molar-refractivity contribution in [2.45, 2.75) is 26.7 Å². The third-order valence-corrected chi connectivity index (χ3v) is 1.01. The van der Waals surface area contributed by atoms with Gasteiger partial charge >= 0.3 is 0 Å². The first-order chi connectivity index (χ1) is 4.27. The Balaban J connectivity index is 3.14. The van der Waals surface area contributed by atoms with E-state index in [0.29, 0.717) is 12.3 Å². The molecule has 0 N–H and O–H groups in total. The van der Waals surface area contributed by atoms with Crippen molar-refractivity contribution in [3.63, 3.8) is 0 Å². The molecule has 0 radical (unpaired) electrons. The van der Waals surface area contributed by atoms with Gasteiger partial charge in [0.15, 0.2) is 0 Å². The molecular formula is C8H14O. The second-order valence-electron chi connectivity index (χ2n) is 2.50. The molecule has 0 spiro atoms. The van der Waals surface area contributed by atoms with Crippen LogP contribution in [0.4, 0.5) is 0 Å². The molecule has 0 aromatic rings. The third-order valence-electron chi connectivity index (χ3n) is 1.01. The average molecular weight is 126 g/mol. The molecule has 0 saturated carbocycles. The summed E-state index contributed by atoms with van der Waals surface area (Å²) in [7, 11) is 0. The Bertz CT molecular complexity index is 92.7. The molecule has 9 heavy (non-hydrogen) atoms. The minimum atomic E-state index is 0.562. The molecule has 52 valence electrons. The third kappa shape index (κ3) is 7.41. The highest BCUT2D eigenvalue weighted by Crippen LogP contribution is 1.99. The van der Waals surface area contributed by atoms with Gasteiger partial charge in [0, 0.05) is 6.42 Å². The Morgan fingerprint density at radius 2 is 2.00 bits per heavy atom. The molecule has 0 fully saturated rings. The summed E-state index contributed by atoms with van der Waals surface area (Å²) in [6.45, 7) is 4.32. The first kappa shape index (κ1) is 8.41. The zero-order valence-electron chi connectivity index (χ0n) is 6.13. The van der Waals surface area contributed by atoms with Crippen molar-refractivity contribution in [2.24, 2.45) is 5.92 Å². The van der Waals surface area contributed by atoms with Gasteiger partial charge in [0.1, 0.15) is 6.29 Å². The molecule has 0 unspecified atom stereocenters. The summed E-state index contributed by atoms with van der Waals surface area (Å²) < 4.78 is 0. The van der Waals surface area contributed by atoms with Crippen LogP contribution in [0.25, 0.3) is 0 Å². The molecule has 0 atom stereocenters. The van der Waals surface area contributed by atoms with Crippen molar-refractivity contribution >= 4 is 6.29 Å². The minimum absolute atomic E-state index is 0.562. The van der Waals surface area contributed by atoms with Crippen LogP contribution in [-0.4, -0.2) is 6.29 Å². The van der Waals surface area contributed by atoms with Crippen LogP contribution >= 0.6 is 0 Å². The number of carbonyl (C=O) groups excluding carboxylic acids is 1. The van der Waals surface area contributed by atoms with Gasteiger partial charge in [-0.05, 0) is 12.3 Å². The highest BCUT2D eigenvalue weighted by atomic mass is 16.1. The highest BCUT2D eigenvalue weighted by molar-refractivity contribution is 5.51. The van der Waals surface area contributed by atoms with E-state index in [-0.39, 0.29) is 0 Å². The van der Waals surface area contributed by atoms with E-state index in [1.807, 2.05) is 6.08 Å². The monoisotopic (exact) mass is 126 g/mol. The fourth-order valence-corrected chi connectivity index (χ4v) is 0.520. The van der Waals surface area contributed by atoms with Crippen molar-refractivity contribution in [2.75, 3.05) is 0 Å². The lowest BCUT2D eigenvalue weighted by atomic mass is 10.1. The molecule has 0 aliphatic rings. The van der Waals surface area contributed by atoms with E-state index >= 15 is 0 Å². The highest BCUT2D eigenvalue weighted by Gasteiger charge is 1.85. The molecule has 0 heterocycles. The minimum Gasteiger partial charge on any atom is -0.303 e. The van der Waals surface area contributed by atoms with E-state index in [1.165, 1.54) is 0 Å². The van der Waals surface area contributed by atoms with Crippen LogP contribution in [0.5, 0.6) is 0 Å². The molecule has 0 aliphatic carbocycles. The maximum absolute atomic E-state index is 9.80. The molecule has 0 aromatic heterocycles. The summed E-state index contributed by atoms with van der Waals surface area (Å²) in [5, 5.41) is 0. The lowest BCUT2D eigenvalue weighted by Gasteiger charge is -1.94. The van der Waals surface area contributed by atoms with Gasteiger partial charge in [-0.2, -0.15) is 0 Å². The van der Waals surface area contributed by atoms with E-state index in [1.54, 1.807) is 0 Å². The predicted octanol–water partition coefficient (Wildman–Crippen LogP) is 2.18. The number of rotatable bonds is 4. The van der Waals surface area contributed by atoms with Gasteiger partial charge in [-0.3, -0.25) is 0 Å². The van der Waals surface area contributed by atoms with Gasteiger partial charge < -0.3 is 4.79 Å². The van der Waals surface area contributed by atoms with Crippen LogP contribution < -0.4 is 0 Å². The summed E-state index contributed by atoms with van der Waals surface area (Å²) in [4.78, 5) is 9.80. The molecule has 0 saturated heterocycles. The molecular weight excluding hydrogens is 112 g/mol. The first-order valence-corrected chi connectivity index (χ1v) is 3.36. The summed E-state index contributed by atoms with van der Waals surface area (Å²) in [6.07, 6.45) is 6.52. The van der Waals surface area contributed by atoms with Crippen molar-refractivity contribution < 1.29 is 4.79 Å². The van der Waals surface area contributed by atoms with Crippen LogP contribution in [0.15, 0.2) is 12.2 Å². The Kier molecular flexibility index (Phi) is 5.18. The van der Waals surface area contributed by atoms with Crippen molar-refractivity contribution in [1.82, 2.24) is 0 Å². The van der Waals surface area contributed by atoms with Crippen molar-refractivity contribution in [3.8, 4) is 0 Å². The Morgan fingerprint density at radius 1 is 1.33 bits per heavy atom. The van der Waals surface area contributed by atoms with Gasteiger partial charge in [0.2, 0.25) is 0 Å². The number of carbonyl (C=O) groups is 1. The first-order valence-electron chi connectivity index (χ1n) is 3.36. The van der Waals surface area contributed by atoms with E-state index in [0.717, 1.165) is 12.7 Å². The Labute approximate surface area is 56.8 Å². The molecule has 0 rings (SSSR count). The zero-order chi connectivity index (χ0) is 7.11. The predicted molar refractivity (Wildman–Crippen MR) is 39.3 cm³/mol. The van der Waals surface area contributed by atoms with Crippen LogP contribution in [0.3, 0.4) is 0 Å². The quantitative estimate of drug-likeness (QED) is 0.417. The summed E-state index contributed by atoms with van der Waals surface area (Å²) in [6, 6.07) is 0. The summed E-state index contributed by atoms with van der Waals surface area (Å²) in [5.74, 6) is 0.702. The Hall–Kier alpha value is -0.590. The standard InChI is InChI=1S/C8H14O/c1-8(2)6-4-3-5-7-9/h3-4,7-8H,5-6H2,1-2H3/b4-3-. The SMILES string of the molecule is CC(C)C/C=C\CC=O. The summed E-state index contributed by atoms with van der Waals surface area (Å²) in [5.41, 5.74) is 0. The van der Waals surface area contributed by atoms with Crippen molar-refractivity contribution in [3.05, 3.63) is 12.2 Å². The van der Waals surface area contributed by atoms with E-state index in [4.69, 9.17) is 0 Å². The molecule has 0 bridgehead atoms. The Morgan fingerprint density at radius 3 is 2.44 bits per heavy atom. The van der Waals surface area contributed by atoms with Crippen LogP contribution in [0.1, 0.15) is 26.7 Å². The number of hydrogen-bond donors (Lipinski definition) is 0. The smallest absolute Gasteiger partial charge is 0.123 e. The molecule has 0 aromatic carbocycles. The topological polar surface area (TPSA) is 17.1 Å². The van der Waals surface area contributed by atoms with Crippen LogP contribution in [0, 0.1) is 5.92 Å². The summed E-state index contributed by atoms with van der Waals surface area (Å²) >= 11 is 0. The van der Waals surface area contributed by atoms with E-state index < -0.39 is 0 Å². The van der Waals surface area contributed by atoms with Gasteiger partial charge in [-0.15, -0.1) is 0 Å². The zero-order valence-corrected chi connectivity index (χ0v) is 6.13. The van der Waals surface area contributed by atoms with Gasteiger partial charge in [0.05, 0.1) is 0 Å². The van der Waals surface area contributed by atoms with E-state index in [2.05, 4.69) is 19.9 Å². The van der Waals surface area contributed by atoms with E-state index in [9.17, 15) is 4.79 Å². The van der Waals surface area contributed by atoms with Gasteiger partial charge in [-0.1, -0.05) is 26.0 Å². The lowest BCUT2D eigenvalue weighted by molar-refractivity contribution is -0.107. The molecule has 1 heteroatoms. The second kappa shape index (κ2) is 5.54.